The predicted octanol–water partition coefficient (Wildman–Crippen LogP) is 1.63. The SMILES string of the molecule is NC1CCC2(CCC(=O)C2)CC1. The first-order chi connectivity index (χ1) is 5.70. The minimum atomic E-state index is 0.396. The average Bonchev–Trinajstić information content (AvgIpc) is 2.40. The number of Topliss-reactive ketones (excluding diaryl/α,β-unsaturated/α-hetero) is 1. The van der Waals surface area contributed by atoms with Crippen molar-refractivity contribution in [1.29, 1.82) is 0 Å². The van der Waals surface area contributed by atoms with Gasteiger partial charge in [-0.3, -0.25) is 4.79 Å². The molecule has 2 N–H and O–H groups in total. The number of carbonyl (C=O) groups is 1. The van der Waals surface area contributed by atoms with Crippen LogP contribution in [0.4, 0.5) is 0 Å². The highest BCUT2D eigenvalue weighted by molar-refractivity contribution is 5.81. The largest absolute Gasteiger partial charge is 0.328 e. The van der Waals surface area contributed by atoms with Gasteiger partial charge in [0.15, 0.2) is 0 Å². The second kappa shape index (κ2) is 2.84. The van der Waals surface area contributed by atoms with Crippen LogP contribution in [-0.2, 0) is 4.79 Å². The van der Waals surface area contributed by atoms with Crippen molar-refractivity contribution in [3.63, 3.8) is 0 Å². The third-order valence-corrected chi connectivity index (χ3v) is 3.60. The van der Waals surface area contributed by atoms with Crippen molar-refractivity contribution < 1.29 is 4.79 Å². The van der Waals surface area contributed by atoms with Crippen molar-refractivity contribution in [2.75, 3.05) is 0 Å². The van der Waals surface area contributed by atoms with Gasteiger partial charge in [-0.05, 0) is 37.5 Å². The van der Waals surface area contributed by atoms with Gasteiger partial charge in [0.1, 0.15) is 5.78 Å². The number of carbonyl (C=O) groups excluding carboxylic acids is 1. The van der Waals surface area contributed by atoms with Gasteiger partial charge in [-0.2, -0.15) is 0 Å². The first-order valence-electron chi connectivity index (χ1n) is 4.98. The van der Waals surface area contributed by atoms with Gasteiger partial charge in [-0.1, -0.05) is 0 Å². The third-order valence-electron chi connectivity index (χ3n) is 3.60. The molecule has 2 heteroatoms. The molecule has 0 aromatic rings. The molecule has 0 radical (unpaired) electrons. The van der Waals surface area contributed by atoms with Crippen molar-refractivity contribution in [2.24, 2.45) is 11.1 Å². The molecular formula is C10H17NO. The van der Waals surface area contributed by atoms with Gasteiger partial charge in [-0.15, -0.1) is 0 Å². The van der Waals surface area contributed by atoms with Crippen LogP contribution in [0.3, 0.4) is 0 Å². The summed E-state index contributed by atoms with van der Waals surface area (Å²) >= 11 is 0. The van der Waals surface area contributed by atoms with E-state index < -0.39 is 0 Å². The lowest BCUT2D eigenvalue weighted by atomic mass is 9.71. The Kier molecular flexibility index (Phi) is 1.95. The molecule has 2 aliphatic rings. The summed E-state index contributed by atoms with van der Waals surface area (Å²) in [7, 11) is 0. The molecule has 2 rings (SSSR count). The first kappa shape index (κ1) is 8.24. The summed E-state index contributed by atoms with van der Waals surface area (Å²) in [6, 6.07) is 0.409. The Labute approximate surface area is 73.5 Å². The Morgan fingerprint density at radius 2 is 1.92 bits per heavy atom. The van der Waals surface area contributed by atoms with E-state index in [9.17, 15) is 4.79 Å². The van der Waals surface area contributed by atoms with Crippen molar-refractivity contribution >= 4 is 5.78 Å². The van der Waals surface area contributed by atoms with Crippen LogP contribution in [0.2, 0.25) is 0 Å². The molecule has 0 unspecified atom stereocenters. The van der Waals surface area contributed by atoms with E-state index in [1.807, 2.05) is 0 Å². The molecule has 0 saturated heterocycles. The lowest BCUT2D eigenvalue weighted by molar-refractivity contribution is -0.118. The fourth-order valence-electron chi connectivity index (χ4n) is 2.68. The highest BCUT2D eigenvalue weighted by Gasteiger charge is 2.40. The van der Waals surface area contributed by atoms with Crippen LogP contribution in [0.5, 0.6) is 0 Å². The van der Waals surface area contributed by atoms with E-state index in [2.05, 4.69) is 0 Å². The van der Waals surface area contributed by atoms with E-state index in [0.717, 1.165) is 32.1 Å². The van der Waals surface area contributed by atoms with Crippen molar-refractivity contribution in [2.45, 2.75) is 51.0 Å². The third kappa shape index (κ3) is 1.40. The zero-order valence-corrected chi connectivity index (χ0v) is 7.51. The molecular weight excluding hydrogens is 150 g/mol. The molecule has 0 aliphatic heterocycles. The number of ketones is 1. The summed E-state index contributed by atoms with van der Waals surface area (Å²) in [6.07, 6.45) is 7.47. The Morgan fingerprint density at radius 3 is 2.42 bits per heavy atom. The number of hydrogen-bond acceptors (Lipinski definition) is 2. The first-order valence-corrected chi connectivity index (χ1v) is 4.98. The highest BCUT2D eigenvalue weighted by atomic mass is 16.1. The number of nitrogens with two attached hydrogens (primary N) is 1. The maximum atomic E-state index is 11.2. The number of rotatable bonds is 0. The molecule has 0 aromatic carbocycles. The van der Waals surface area contributed by atoms with E-state index in [0.29, 0.717) is 17.2 Å². The minimum Gasteiger partial charge on any atom is -0.328 e. The monoisotopic (exact) mass is 167 g/mol. The van der Waals surface area contributed by atoms with Crippen LogP contribution in [0, 0.1) is 5.41 Å². The lowest BCUT2D eigenvalue weighted by Crippen LogP contribution is -2.32. The van der Waals surface area contributed by atoms with Crippen molar-refractivity contribution in [3.05, 3.63) is 0 Å². The number of hydrogen-bond donors (Lipinski definition) is 1. The molecule has 1 spiro atoms. The molecule has 12 heavy (non-hydrogen) atoms. The molecule has 2 aliphatic carbocycles. The summed E-state index contributed by atoms with van der Waals surface area (Å²) in [6.45, 7) is 0. The van der Waals surface area contributed by atoms with E-state index >= 15 is 0 Å². The van der Waals surface area contributed by atoms with Crippen LogP contribution >= 0.6 is 0 Å². The van der Waals surface area contributed by atoms with Gasteiger partial charge >= 0.3 is 0 Å². The molecule has 68 valence electrons. The zero-order valence-electron chi connectivity index (χ0n) is 7.51. The fourth-order valence-corrected chi connectivity index (χ4v) is 2.68. The van der Waals surface area contributed by atoms with Crippen LogP contribution < -0.4 is 5.73 Å². The maximum absolute atomic E-state index is 11.2. The predicted molar refractivity (Wildman–Crippen MR) is 47.7 cm³/mol. The molecule has 2 saturated carbocycles. The topological polar surface area (TPSA) is 43.1 Å². The van der Waals surface area contributed by atoms with Gasteiger partial charge in [0.05, 0.1) is 0 Å². The summed E-state index contributed by atoms with van der Waals surface area (Å²) in [5, 5.41) is 0. The van der Waals surface area contributed by atoms with Gasteiger partial charge in [0, 0.05) is 18.9 Å². The summed E-state index contributed by atoms with van der Waals surface area (Å²) in [5.41, 5.74) is 6.23. The Morgan fingerprint density at radius 1 is 1.25 bits per heavy atom. The van der Waals surface area contributed by atoms with Gasteiger partial charge in [-0.25, -0.2) is 0 Å². The summed E-state index contributed by atoms with van der Waals surface area (Å²) < 4.78 is 0. The molecule has 0 bridgehead atoms. The van der Waals surface area contributed by atoms with E-state index in [1.54, 1.807) is 0 Å². The molecule has 2 fully saturated rings. The minimum absolute atomic E-state index is 0.396. The Balaban J connectivity index is 1.99. The molecule has 0 amide bonds. The maximum Gasteiger partial charge on any atom is 0.133 e. The Hall–Kier alpha value is -0.370. The van der Waals surface area contributed by atoms with Gasteiger partial charge < -0.3 is 5.73 Å². The van der Waals surface area contributed by atoms with Crippen LogP contribution in [0.1, 0.15) is 44.9 Å². The lowest BCUT2D eigenvalue weighted by Gasteiger charge is -2.35. The molecule has 2 nitrogen and oxygen atoms in total. The fraction of sp³-hybridized carbons (Fsp3) is 0.900. The van der Waals surface area contributed by atoms with Gasteiger partial charge in [0.2, 0.25) is 0 Å². The van der Waals surface area contributed by atoms with Crippen molar-refractivity contribution in [1.82, 2.24) is 0 Å². The molecule has 0 heterocycles. The smallest absolute Gasteiger partial charge is 0.133 e. The highest BCUT2D eigenvalue weighted by Crippen LogP contribution is 2.47. The summed E-state index contributed by atoms with van der Waals surface area (Å²) in [5.74, 6) is 0.477. The van der Waals surface area contributed by atoms with E-state index in [4.69, 9.17) is 5.73 Å². The van der Waals surface area contributed by atoms with Crippen LogP contribution in [0.25, 0.3) is 0 Å². The van der Waals surface area contributed by atoms with Crippen LogP contribution in [0.15, 0.2) is 0 Å². The van der Waals surface area contributed by atoms with E-state index in [1.165, 1.54) is 12.8 Å². The Bertz CT molecular complexity index is 192. The quantitative estimate of drug-likeness (QED) is 0.596. The van der Waals surface area contributed by atoms with E-state index in [-0.39, 0.29) is 0 Å². The van der Waals surface area contributed by atoms with Crippen molar-refractivity contribution in [3.8, 4) is 0 Å². The normalized spacial score (nSPS) is 42.4. The standard InChI is InChI=1S/C10H17NO/c11-8-1-4-10(5-2-8)6-3-9(12)7-10/h8H,1-7,11H2. The average molecular weight is 167 g/mol. The molecule has 0 aromatic heterocycles. The van der Waals surface area contributed by atoms with Crippen LogP contribution in [-0.4, -0.2) is 11.8 Å². The molecule has 0 atom stereocenters. The van der Waals surface area contributed by atoms with Gasteiger partial charge in [0.25, 0.3) is 0 Å². The zero-order chi connectivity index (χ0) is 8.60. The summed E-state index contributed by atoms with van der Waals surface area (Å²) in [4.78, 5) is 11.2. The second-order valence-corrected chi connectivity index (χ2v) is 4.55. The second-order valence-electron chi connectivity index (χ2n) is 4.55.